The van der Waals surface area contributed by atoms with Crippen molar-refractivity contribution in [3.05, 3.63) is 17.8 Å². The molecule has 1 atom stereocenters. The van der Waals surface area contributed by atoms with E-state index >= 15 is 0 Å². The van der Waals surface area contributed by atoms with Crippen LogP contribution in [0.15, 0.2) is 17.3 Å². The second-order valence-electron chi connectivity index (χ2n) is 3.80. The van der Waals surface area contributed by atoms with E-state index in [-0.39, 0.29) is 0 Å². The predicted octanol–water partition coefficient (Wildman–Crippen LogP) is 2.67. The Morgan fingerprint density at radius 2 is 2.13 bits per heavy atom. The Kier molecular flexibility index (Phi) is 3.98. The highest BCUT2D eigenvalue weighted by Crippen LogP contribution is 2.29. The first-order valence-electron chi connectivity index (χ1n) is 4.87. The van der Waals surface area contributed by atoms with Crippen LogP contribution in [0.4, 0.5) is 5.69 Å². The lowest BCUT2D eigenvalue weighted by Crippen LogP contribution is -2.06. The molecule has 4 heteroatoms. The van der Waals surface area contributed by atoms with Crippen molar-refractivity contribution in [1.29, 1.82) is 5.26 Å². The molecule has 0 bridgehead atoms. The molecule has 0 aliphatic carbocycles. The monoisotopic (exact) mass is 221 g/mol. The zero-order valence-electron chi connectivity index (χ0n) is 9.19. The van der Waals surface area contributed by atoms with Gasteiger partial charge in [0.15, 0.2) is 0 Å². The molecule has 0 saturated heterocycles. The molecule has 80 valence electrons. The number of rotatable bonds is 3. The van der Waals surface area contributed by atoms with E-state index in [4.69, 9.17) is 11.0 Å². The average Bonchev–Trinajstić information content (AvgIpc) is 2.20. The van der Waals surface area contributed by atoms with Gasteiger partial charge in [-0.15, -0.1) is 11.8 Å². The van der Waals surface area contributed by atoms with Crippen molar-refractivity contribution in [2.45, 2.75) is 31.0 Å². The van der Waals surface area contributed by atoms with Crippen LogP contribution in [0.2, 0.25) is 0 Å². The number of nitrogen functional groups attached to an aromatic ring is 1. The highest BCUT2D eigenvalue weighted by atomic mass is 32.2. The van der Waals surface area contributed by atoms with Gasteiger partial charge in [-0.1, -0.05) is 20.8 Å². The number of thioether (sulfide) groups is 1. The van der Waals surface area contributed by atoms with E-state index in [1.54, 1.807) is 24.0 Å². The van der Waals surface area contributed by atoms with Gasteiger partial charge in [0.2, 0.25) is 0 Å². The third-order valence-electron chi connectivity index (χ3n) is 2.23. The van der Waals surface area contributed by atoms with Crippen molar-refractivity contribution in [3.8, 4) is 6.07 Å². The van der Waals surface area contributed by atoms with E-state index in [0.717, 1.165) is 5.03 Å². The van der Waals surface area contributed by atoms with Crippen LogP contribution in [0.1, 0.15) is 26.3 Å². The maximum Gasteiger partial charge on any atom is 0.114 e. The number of nitrogens with zero attached hydrogens (tertiary/aromatic N) is 2. The topological polar surface area (TPSA) is 62.7 Å². The predicted molar refractivity (Wildman–Crippen MR) is 63.5 cm³/mol. The molecular formula is C11H15N3S. The van der Waals surface area contributed by atoms with Crippen molar-refractivity contribution in [2.75, 3.05) is 5.73 Å². The van der Waals surface area contributed by atoms with E-state index in [2.05, 4.69) is 31.8 Å². The number of nitrogens with two attached hydrogens (primary N) is 1. The summed E-state index contributed by atoms with van der Waals surface area (Å²) in [6, 6.07) is 3.79. The van der Waals surface area contributed by atoms with Gasteiger partial charge in [-0.05, 0) is 12.0 Å². The van der Waals surface area contributed by atoms with Crippen molar-refractivity contribution < 1.29 is 0 Å². The van der Waals surface area contributed by atoms with E-state index in [1.807, 2.05) is 0 Å². The van der Waals surface area contributed by atoms with Gasteiger partial charge in [0.1, 0.15) is 11.1 Å². The molecule has 3 nitrogen and oxygen atoms in total. The fraction of sp³-hybridized carbons (Fsp3) is 0.455. The average molecular weight is 221 g/mol. The number of aromatic nitrogens is 1. The summed E-state index contributed by atoms with van der Waals surface area (Å²) in [7, 11) is 0. The standard InChI is InChI=1S/C11H15N3S/c1-7(2)8(3)15-11-9(5-12)4-10(13)6-14-11/h4,6-8H,13H2,1-3H3. The summed E-state index contributed by atoms with van der Waals surface area (Å²) in [6.07, 6.45) is 1.59. The minimum Gasteiger partial charge on any atom is -0.397 e. The second-order valence-corrected chi connectivity index (χ2v) is 5.17. The quantitative estimate of drug-likeness (QED) is 0.797. The third kappa shape index (κ3) is 3.14. The molecule has 0 radical (unpaired) electrons. The van der Waals surface area contributed by atoms with Crippen LogP contribution in [0.5, 0.6) is 0 Å². The fourth-order valence-corrected chi connectivity index (χ4v) is 1.92. The van der Waals surface area contributed by atoms with E-state index < -0.39 is 0 Å². The minimum atomic E-state index is 0.438. The normalized spacial score (nSPS) is 12.5. The molecule has 1 rings (SSSR count). The van der Waals surface area contributed by atoms with Gasteiger partial charge < -0.3 is 5.73 Å². The zero-order chi connectivity index (χ0) is 11.4. The van der Waals surface area contributed by atoms with E-state index in [9.17, 15) is 0 Å². The molecule has 1 heterocycles. The molecule has 1 unspecified atom stereocenters. The van der Waals surface area contributed by atoms with Gasteiger partial charge in [0.25, 0.3) is 0 Å². The first-order valence-corrected chi connectivity index (χ1v) is 5.74. The molecule has 15 heavy (non-hydrogen) atoms. The Bertz CT molecular complexity index is 382. The molecular weight excluding hydrogens is 206 g/mol. The number of nitriles is 1. The molecule has 0 saturated carbocycles. The van der Waals surface area contributed by atoms with E-state index in [1.165, 1.54) is 0 Å². The highest BCUT2D eigenvalue weighted by molar-refractivity contribution is 7.99. The largest absolute Gasteiger partial charge is 0.397 e. The maximum absolute atomic E-state index is 8.94. The summed E-state index contributed by atoms with van der Waals surface area (Å²) in [6.45, 7) is 6.44. The molecule has 0 spiro atoms. The Balaban J connectivity index is 2.91. The van der Waals surface area contributed by atoms with Crippen LogP contribution >= 0.6 is 11.8 Å². The van der Waals surface area contributed by atoms with Crippen LogP contribution in [0, 0.1) is 17.2 Å². The van der Waals surface area contributed by atoms with Gasteiger partial charge in [-0.2, -0.15) is 5.26 Å². The Hall–Kier alpha value is -1.21. The summed E-state index contributed by atoms with van der Waals surface area (Å²) in [4.78, 5) is 4.19. The van der Waals surface area contributed by atoms with Crippen molar-refractivity contribution in [3.63, 3.8) is 0 Å². The number of anilines is 1. The first-order chi connectivity index (χ1) is 7.04. The van der Waals surface area contributed by atoms with Gasteiger partial charge in [-0.3, -0.25) is 0 Å². The molecule has 2 N–H and O–H groups in total. The molecule has 0 aromatic carbocycles. The molecule has 1 aromatic heterocycles. The van der Waals surface area contributed by atoms with Gasteiger partial charge in [0.05, 0.1) is 17.4 Å². The number of hydrogen-bond donors (Lipinski definition) is 1. The first kappa shape index (κ1) is 11.9. The lowest BCUT2D eigenvalue weighted by atomic mass is 10.2. The van der Waals surface area contributed by atoms with Gasteiger partial charge in [0, 0.05) is 5.25 Å². The van der Waals surface area contributed by atoms with Crippen LogP contribution in [0.3, 0.4) is 0 Å². The summed E-state index contributed by atoms with van der Waals surface area (Å²) in [5.41, 5.74) is 6.67. The van der Waals surface area contributed by atoms with Crippen molar-refractivity contribution in [2.24, 2.45) is 5.92 Å². The zero-order valence-corrected chi connectivity index (χ0v) is 10.0. The smallest absolute Gasteiger partial charge is 0.114 e. The maximum atomic E-state index is 8.94. The van der Waals surface area contributed by atoms with Crippen LogP contribution in [-0.2, 0) is 0 Å². The SMILES string of the molecule is CC(C)C(C)Sc1ncc(N)cc1C#N. The Morgan fingerprint density at radius 3 is 2.67 bits per heavy atom. The summed E-state index contributed by atoms with van der Waals surface area (Å²) in [5.74, 6) is 0.556. The molecule has 1 aromatic rings. The molecule has 0 amide bonds. The third-order valence-corrected chi connectivity index (χ3v) is 3.69. The van der Waals surface area contributed by atoms with Crippen LogP contribution in [0.25, 0.3) is 0 Å². The summed E-state index contributed by atoms with van der Waals surface area (Å²) < 4.78 is 0. The van der Waals surface area contributed by atoms with Crippen molar-refractivity contribution >= 4 is 17.4 Å². The molecule has 0 aliphatic heterocycles. The lowest BCUT2D eigenvalue weighted by molar-refractivity contribution is 0.641. The van der Waals surface area contributed by atoms with Crippen LogP contribution < -0.4 is 5.73 Å². The summed E-state index contributed by atoms with van der Waals surface area (Å²) >= 11 is 1.62. The Morgan fingerprint density at radius 1 is 1.47 bits per heavy atom. The Labute approximate surface area is 94.7 Å². The summed E-state index contributed by atoms with van der Waals surface area (Å²) in [5, 5.41) is 10.1. The molecule has 0 aliphatic rings. The van der Waals surface area contributed by atoms with Gasteiger partial charge >= 0.3 is 0 Å². The second kappa shape index (κ2) is 5.04. The number of pyridine rings is 1. The fourth-order valence-electron chi connectivity index (χ4n) is 0.955. The van der Waals surface area contributed by atoms with Crippen LogP contribution in [-0.4, -0.2) is 10.2 Å². The number of hydrogen-bond acceptors (Lipinski definition) is 4. The van der Waals surface area contributed by atoms with E-state index in [0.29, 0.717) is 22.4 Å². The molecule has 0 fully saturated rings. The lowest BCUT2D eigenvalue weighted by Gasteiger charge is -2.14. The minimum absolute atomic E-state index is 0.438. The van der Waals surface area contributed by atoms with Gasteiger partial charge in [-0.25, -0.2) is 4.98 Å². The van der Waals surface area contributed by atoms with Crippen molar-refractivity contribution in [1.82, 2.24) is 4.98 Å². The highest BCUT2D eigenvalue weighted by Gasteiger charge is 2.13.